The Balaban J connectivity index is 2.08. The van der Waals surface area contributed by atoms with Gasteiger partial charge < -0.3 is 9.67 Å². The normalized spacial score (nSPS) is 24.2. The number of carboxylic acid groups (broad SMARTS) is 1. The van der Waals surface area contributed by atoms with Crippen molar-refractivity contribution in [3.05, 3.63) is 18.2 Å². The molecular weight excluding hydrogens is 242 g/mol. The lowest BCUT2D eigenvalue weighted by molar-refractivity contribution is -0.151. The molecule has 1 unspecified atom stereocenters. The van der Waals surface area contributed by atoms with Crippen LogP contribution >= 0.6 is 0 Å². The highest BCUT2D eigenvalue weighted by Crippen LogP contribution is 2.38. The van der Waals surface area contributed by atoms with E-state index >= 15 is 0 Å². The van der Waals surface area contributed by atoms with Gasteiger partial charge in [-0.25, -0.2) is 4.98 Å². The van der Waals surface area contributed by atoms with Crippen molar-refractivity contribution in [1.29, 1.82) is 0 Å². The third-order valence-electron chi connectivity index (χ3n) is 4.42. The third kappa shape index (κ3) is 2.52. The minimum atomic E-state index is -0.663. The molecule has 0 aliphatic carbocycles. The van der Waals surface area contributed by atoms with Crippen molar-refractivity contribution in [3.8, 4) is 0 Å². The first-order valence-electron chi connectivity index (χ1n) is 6.95. The van der Waals surface area contributed by atoms with Crippen LogP contribution in [0.1, 0.15) is 33.0 Å². The van der Waals surface area contributed by atoms with E-state index in [0.29, 0.717) is 6.54 Å². The largest absolute Gasteiger partial charge is 0.481 e. The zero-order valence-corrected chi connectivity index (χ0v) is 12.0. The van der Waals surface area contributed by atoms with Crippen molar-refractivity contribution in [2.24, 2.45) is 11.3 Å². The average molecular weight is 265 g/mol. The minimum Gasteiger partial charge on any atom is -0.481 e. The second-order valence-electron chi connectivity index (χ2n) is 5.71. The highest BCUT2D eigenvalue weighted by molar-refractivity contribution is 5.75. The quantitative estimate of drug-likeness (QED) is 0.882. The summed E-state index contributed by atoms with van der Waals surface area (Å²) in [5, 5.41) is 9.53. The van der Waals surface area contributed by atoms with Gasteiger partial charge in [0.25, 0.3) is 0 Å². The third-order valence-corrected chi connectivity index (χ3v) is 4.42. The molecule has 0 spiro atoms. The molecule has 106 valence electrons. The van der Waals surface area contributed by atoms with Crippen LogP contribution in [0.4, 0.5) is 0 Å². The summed E-state index contributed by atoms with van der Waals surface area (Å²) in [6.45, 7) is 9.19. The second-order valence-corrected chi connectivity index (χ2v) is 5.71. The van der Waals surface area contributed by atoms with Gasteiger partial charge in [-0.2, -0.15) is 0 Å². The summed E-state index contributed by atoms with van der Waals surface area (Å²) >= 11 is 0. The Labute approximate surface area is 114 Å². The van der Waals surface area contributed by atoms with Crippen LogP contribution in [0, 0.1) is 11.3 Å². The van der Waals surface area contributed by atoms with E-state index < -0.39 is 11.4 Å². The summed E-state index contributed by atoms with van der Waals surface area (Å²) in [6, 6.07) is 0. The maximum atomic E-state index is 11.6. The molecule has 1 N–H and O–H groups in total. The number of likely N-dealkylation sites (tertiary alicyclic amines) is 1. The number of hydrogen-bond acceptors (Lipinski definition) is 3. The van der Waals surface area contributed by atoms with Gasteiger partial charge in [0.2, 0.25) is 0 Å². The Kier molecular flexibility index (Phi) is 3.94. The van der Waals surface area contributed by atoms with Gasteiger partial charge in [-0.3, -0.25) is 9.69 Å². The minimum absolute atomic E-state index is 0.154. The van der Waals surface area contributed by atoms with Gasteiger partial charge in [0, 0.05) is 25.5 Å². The summed E-state index contributed by atoms with van der Waals surface area (Å²) in [6.07, 6.45) is 4.51. The van der Waals surface area contributed by atoms with E-state index in [4.69, 9.17) is 0 Å². The lowest BCUT2D eigenvalue weighted by atomic mass is 9.76. The van der Waals surface area contributed by atoms with E-state index in [-0.39, 0.29) is 5.92 Å². The fourth-order valence-electron chi connectivity index (χ4n) is 2.92. The van der Waals surface area contributed by atoms with E-state index in [0.717, 1.165) is 31.9 Å². The van der Waals surface area contributed by atoms with Crippen molar-refractivity contribution in [3.63, 3.8) is 0 Å². The van der Waals surface area contributed by atoms with E-state index in [9.17, 15) is 9.90 Å². The van der Waals surface area contributed by atoms with Gasteiger partial charge in [0.15, 0.2) is 0 Å². The number of carbonyl (C=O) groups is 1. The van der Waals surface area contributed by atoms with Crippen LogP contribution < -0.4 is 0 Å². The number of aliphatic carboxylic acids is 1. The highest BCUT2D eigenvalue weighted by atomic mass is 16.4. The molecule has 0 amide bonds. The molecule has 2 heterocycles. The topological polar surface area (TPSA) is 58.4 Å². The first-order chi connectivity index (χ1) is 8.99. The molecule has 1 aliphatic rings. The van der Waals surface area contributed by atoms with Crippen LogP contribution in [0.3, 0.4) is 0 Å². The number of aryl methyl sites for hydroxylation is 1. The smallest absolute Gasteiger partial charge is 0.311 e. The van der Waals surface area contributed by atoms with Gasteiger partial charge in [-0.15, -0.1) is 0 Å². The predicted molar refractivity (Wildman–Crippen MR) is 72.7 cm³/mol. The van der Waals surface area contributed by atoms with Crippen molar-refractivity contribution < 1.29 is 9.90 Å². The Morgan fingerprint density at radius 3 is 2.84 bits per heavy atom. The summed E-state index contributed by atoms with van der Waals surface area (Å²) < 4.78 is 2.11. The van der Waals surface area contributed by atoms with Crippen LogP contribution in [0.25, 0.3) is 0 Å². The Morgan fingerprint density at radius 1 is 1.58 bits per heavy atom. The number of imidazole rings is 1. The van der Waals surface area contributed by atoms with Crippen LogP contribution in [-0.4, -0.2) is 38.6 Å². The lowest BCUT2D eigenvalue weighted by Crippen LogP contribution is -2.39. The fraction of sp³-hybridized carbons (Fsp3) is 0.714. The van der Waals surface area contributed by atoms with E-state index in [2.05, 4.69) is 21.4 Å². The number of carboxylic acids is 1. The first-order valence-corrected chi connectivity index (χ1v) is 6.95. The molecule has 1 atom stereocenters. The molecule has 2 rings (SSSR count). The van der Waals surface area contributed by atoms with Gasteiger partial charge in [-0.05, 0) is 25.8 Å². The number of rotatable bonds is 5. The summed E-state index contributed by atoms with van der Waals surface area (Å²) in [7, 11) is 0. The van der Waals surface area contributed by atoms with E-state index in [1.807, 2.05) is 26.2 Å². The molecule has 5 nitrogen and oxygen atoms in total. The molecular formula is C14H23N3O2. The molecule has 0 saturated carbocycles. The SMILES string of the molecule is CCn1ccnc1CN1CCC(C(=O)O)(C(C)C)C1. The molecule has 5 heteroatoms. The molecule has 1 aromatic rings. The van der Waals surface area contributed by atoms with Gasteiger partial charge in [0.05, 0.1) is 12.0 Å². The standard InChI is InChI=1S/C14H23N3O2/c1-4-17-8-6-15-12(17)9-16-7-5-14(10-16,11(2)3)13(18)19/h6,8,11H,4-5,7,9-10H2,1-3H3,(H,18,19). The zero-order valence-electron chi connectivity index (χ0n) is 12.0. The van der Waals surface area contributed by atoms with Gasteiger partial charge in [-0.1, -0.05) is 13.8 Å². The van der Waals surface area contributed by atoms with Crippen molar-refractivity contribution in [2.45, 2.75) is 40.3 Å². The molecule has 0 aromatic carbocycles. The molecule has 1 aliphatic heterocycles. The first kappa shape index (κ1) is 14.1. The molecule has 1 aromatic heterocycles. The lowest BCUT2D eigenvalue weighted by Gasteiger charge is -2.28. The molecule has 1 saturated heterocycles. The number of hydrogen-bond donors (Lipinski definition) is 1. The molecule has 19 heavy (non-hydrogen) atoms. The van der Waals surface area contributed by atoms with Crippen molar-refractivity contribution >= 4 is 5.97 Å². The van der Waals surface area contributed by atoms with E-state index in [1.165, 1.54) is 0 Å². The maximum absolute atomic E-state index is 11.6. The Bertz CT molecular complexity index is 455. The summed E-state index contributed by atoms with van der Waals surface area (Å²) in [5.41, 5.74) is -0.594. The molecule has 0 bridgehead atoms. The highest BCUT2D eigenvalue weighted by Gasteiger charge is 2.47. The number of aromatic nitrogens is 2. The summed E-state index contributed by atoms with van der Waals surface area (Å²) in [4.78, 5) is 18.2. The predicted octanol–water partition coefficient (Wildman–Crippen LogP) is 1.84. The van der Waals surface area contributed by atoms with Gasteiger partial charge in [0.1, 0.15) is 5.82 Å². The molecule has 0 radical (unpaired) electrons. The van der Waals surface area contributed by atoms with Crippen LogP contribution in [-0.2, 0) is 17.9 Å². The zero-order chi connectivity index (χ0) is 14.0. The molecule has 1 fully saturated rings. The van der Waals surface area contributed by atoms with Crippen LogP contribution in [0.5, 0.6) is 0 Å². The van der Waals surface area contributed by atoms with Crippen molar-refractivity contribution in [1.82, 2.24) is 14.5 Å². The fourth-order valence-corrected chi connectivity index (χ4v) is 2.92. The Hall–Kier alpha value is -1.36. The second kappa shape index (κ2) is 5.33. The van der Waals surface area contributed by atoms with Crippen molar-refractivity contribution in [2.75, 3.05) is 13.1 Å². The average Bonchev–Trinajstić information content (AvgIpc) is 2.96. The number of nitrogens with zero attached hydrogens (tertiary/aromatic N) is 3. The maximum Gasteiger partial charge on any atom is 0.311 e. The Morgan fingerprint density at radius 2 is 2.32 bits per heavy atom. The van der Waals surface area contributed by atoms with E-state index in [1.54, 1.807) is 0 Å². The van der Waals surface area contributed by atoms with Crippen LogP contribution in [0.15, 0.2) is 12.4 Å². The van der Waals surface area contributed by atoms with Crippen LogP contribution in [0.2, 0.25) is 0 Å². The summed E-state index contributed by atoms with van der Waals surface area (Å²) in [5.74, 6) is 0.511. The monoisotopic (exact) mass is 265 g/mol. The van der Waals surface area contributed by atoms with Gasteiger partial charge >= 0.3 is 5.97 Å².